The van der Waals surface area contributed by atoms with Gasteiger partial charge in [0.2, 0.25) is 0 Å². The van der Waals surface area contributed by atoms with Crippen LogP contribution in [0.3, 0.4) is 0 Å². The number of hydrogen-bond acceptors (Lipinski definition) is 3. The first kappa shape index (κ1) is 12.1. The summed E-state index contributed by atoms with van der Waals surface area (Å²) in [7, 11) is 0. The molecule has 4 rings (SSSR count). The van der Waals surface area contributed by atoms with Gasteiger partial charge < -0.3 is 4.57 Å². The fourth-order valence-electron chi connectivity index (χ4n) is 2.61. The van der Waals surface area contributed by atoms with Crippen molar-refractivity contribution in [3.8, 4) is 16.6 Å². The van der Waals surface area contributed by atoms with Crippen LogP contribution < -0.4 is 0 Å². The van der Waals surface area contributed by atoms with E-state index in [2.05, 4.69) is 18.2 Å². The van der Waals surface area contributed by atoms with Crippen molar-refractivity contribution in [3.05, 3.63) is 54.7 Å². The third kappa shape index (κ3) is 1.91. The van der Waals surface area contributed by atoms with Gasteiger partial charge in [0.05, 0.1) is 16.3 Å². The fourth-order valence-corrected chi connectivity index (χ4v) is 3.60. The maximum Gasteiger partial charge on any atom is 0.126 e. The zero-order chi connectivity index (χ0) is 14.2. The molecule has 0 radical (unpaired) electrons. The van der Waals surface area contributed by atoms with Crippen LogP contribution in [0.4, 0.5) is 0 Å². The van der Waals surface area contributed by atoms with E-state index in [1.807, 2.05) is 47.2 Å². The van der Waals surface area contributed by atoms with Gasteiger partial charge in [-0.1, -0.05) is 30.3 Å². The van der Waals surface area contributed by atoms with E-state index in [1.54, 1.807) is 11.3 Å². The van der Waals surface area contributed by atoms with Crippen LogP contribution in [0.5, 0.6) is 0 Å². The molecule has 100 valence electrons. The fraction of sp³-hybridized carbons (Fsp3) is 0.0588. The Bertz CT molecular complexity index is 955. The molecule has 0 bridgehead atoms. The van der Waals surface area contributed by atoms with E-state index in [-0.39, 0.29) is 0 Å². The Morgan fingerprint density at radius 2 is 1.90 bits per heavy atom. The van der Waals surface area contributed by atoms with Gasteiger partial charge in [0.1, 0.15) is 11.6 Å². The summed E-state index contributed by atoms with van der Waals surface area (Å²) in [5, 5.41) is 11.1. The average molecular weight is 289 g/mol. The molecule has 0 aliphatic heterocycles. The summed E-state index contributed by atoms with van der Waals surface area (Å²) in [5.74, 6) is 0. The van der Waals surface area contributed by atoms with Gasteiger partial charge in [-0.25, -0.2) is 4.98 Å². The second-order valence-corrected chi connectivity index (χ2v) is 5.86. The van der Waals surface area contributed by atoms with Crippen LogP contribution in [0.1, 0.15) is 0 Å². The number of benzene rings is 2. The van der Waals surface area contributed by atoms with Crippen molar-refractivity contribution in [1.82, 2.24) is 9.55 Å². The number of thiazole rings is 1. The minimum absolute atomic E-state index is 0.353. The van der Waals surface area contributed by atoms with Gasteiger partial charge in [-0.3, -0.25) is 0 Å². The summed E-state index contributed by atoms with van der Waals surface area (Å²) >= 11 is 1.69. The standard InChI is InChI=1S/C17H11N3S/c18-9-10-20-11-13(12-5-1-3-7-15(12)20)17-19-14-6-2-4-8-16(14)21-17/h1-8,11H,10H2. The van der Waals surface area contributed by atoms with E-state index in [1.165, 1.54) is 4.70 Å². The molecule has 0 fully saturated rings. The predicted molar refractivity (Wildman–Crippen MR) is 86.2 cm³/mol. The van der Waals surface area contributed by atoms with Crippen LogP contribution in [0.15, 0.2) is 54.7 Å². The first-order chi connectivity index (χ1) is 10.4. The van der Waals surface area contributed by atoms with Gasteiger partial charge in [-0.15, -0.1) is 11.3 Å². The molecule has 3 nitrogen and oxygen atoms in total. The Balaban J connectivity index is 1.99. The first-order valence-electron chi connectivity index (χ1n) is 6.67. The normalized spacial score (nSPS) is 11.0. The largest absolute Gasteiger partial charge is 0.333 e. The Morgan fingerprint density at radius 3 is 2.76 bits per heavy atom. The molecular formula is C17H11N3S. The summed E-state index contributed by atoms with van der Waals surface area (Å²) in [6.07, 6.45) is 2.03. The van der Waals surface area contributed by atoms with E-state index in [0.29, 0.717) is 6.54 Å². The first-order valence-corrected chi connectivity index (χ1v) is 7.49. The lowest BCUT2D eigenvalue weighted by molar-refractivity contribution is 0.875. The zero-order valence-electron chi connectivity index (χ0n) is 11.2. The molecule has 0 aliphatic rings. The van der Waals surface area contributed by atoms with Crippen molar-refractivity contribution in [3.63, 3.8) is 0 Å². The van der Waals surface area contributed by atoms with Gasteiger partial charge >= 0.3 is 0 Å². The Kier molecular flexibility index (Phi) is 2.73. The Labute approximate surface area is 125 Å². The highest BCUT2D eigenvalue weighted by Gasteiger charge is 2.13. The average Bonchev–Trinajstić information content (AvgIpc) is 3.09. The van der Waals surface area contributed by atoms with Crippen LogP contribution in [-0.2, 0) is 6.54 Å². The minimum Gasteiger partial charge on any atom is -0.333 e. The molecule has 0 unspecified atom stereocenters. The molecule has 2 aromatic carbocycles. The summed E-state index contributed by atoms with van der Waals surface area (Å²) in [6, 6.07) is 18.5. The van der Waals surface area contributed by atoms with E-state index in [0.717, 1.165) is 27.0 Å². The molecule has 0 atom stereocenters. The highest BCUT2D eigenvalue weighted by molar-refractivity contribution is 7.21. The smallest absolute Gasteiger partial charge is 0.126 e. The molecule has 2 aromatic heterocycles. The molecule has 21 heavy (non-hydrogen) atoms. The summed E-state index contributed by atoms with van der Waals surface area (Å²) in [5.41, 5.74) is 3.20. The highest BCUT2D eigenvalue weighted by Crippen LogP contribution is 2.35. The number of aromatic nitrogens is 2. The van der Waals surface area contributed by atoms with Crippen LogP contribution in [0, 0.1) is 11.3 Å². The van der Waals surface area contributed by atoms with E-state index in [4.69, 9.17) is 10.2 Å². The lowest BCUT2D eigenvalue weighted by Gasteiger charge is -1.96. The van der Waals surface area contributed by atoms with Crippen molar-refractivity contribution in [1.29, 1.82) is 5.26 Å². The van der Waals surface area contributed by atoms with E-state index >= 15 is 0 Å². The van der Waals surface area contributed by atoms with Crippen molar-refractivity contribution < 1.29 is 0 Å². The summed E-state index contributed by atoms with van der Waals surface area (Å²) in [6.45, 7) is 0.353. The third-order valence-corrected chi connectivity index (χ3v) is 4.62. The van der Waals surface area contributed by atoms with Crippen LogP contribution >= 0.6 is 11.3 Å². The molecule has 0 amide bonds. The molecular weight excluding hydrogens is 278 g/mol. The monoisotopic (exact) mass is 289 g/mol. The number of hydrogen-bond donors (Lipinski definition) is 0. The third-order valence-electron chi connectivity index (χ3n) is 3.55. The van der Waals surface area contributed by atoms with Crippen LogP contribution in [0.25, 0.3) is 31.7 Å². The molecule has 2 heterocycles. The van der Waals surface area contributed by atoms with Crippen LogP contribution in [0.2, 0.25) is 0 Å². The molecule has 0 N–H and O–H groups in total. The molecule has 4 aromatic rings. The number of nitrogens with zero attached hydrogens (tertiary/aromatic N) is 3. The molecule has 0 spiro atoms. The zero-order valence-corrected chi connectivity index (χ0v) is 12.0. The maximum absolute atomic E-state index is 8.99. The number of fused-ring (bicyclic) bond motifs is 2. The van der Waals surface area contributed by atoms with Crippen molar-refractivity contribution >= 4 is 32.5 Å². The SMILES string of the molecule is N#CCn1cc(-c2nc3ccccc3s2)c2ccccc21. The lowest BCUT2D eigenvalue weighted by atomic mass is 10.2. The van der Waals surface area contributed by atoms with Gasteiger partial charge in [0, 0.05) is 22.7 Å². The van der Waals surface area contributed by atoms with Gasteiger partial charge in [0.15, 0.2) is 0 Å². The molecule has 4 heteroatoms. The summed E-state index contributed by atoms with van der Waals surface area (Å²) < 4.78 is 3.17. The van der Waals surface area contributed by atoms with Crippen LogP contribution in [-0.4, -0.2) is 9.55 Å². The highest BCUT2D eigenvalue weighted by atomic mass is 32.1. The Morgan fingerprint density at radius 1 is 1.10 bits per heavy atom. The van der Waals surface area contributed by atoms with Gasteiger partial charge in [-0.2, -0.15) is 5.26 Å². The van der Waals surface area contributed by atoms with Crippen molar-refractivity contribution in [2.75, 3.05) is 0 Å². The number of para-hydroxylation sites is 2. The number of nitriles is 1. The van der Waals surface area contributed by atoms with Crippen molar-refractivity contribution in [2.45, 2.75) is 6.54 Å². The van der Waals surface area contributed by atoms with Gasteiger partial charge in [0.25, 0.3) is 0 Å². The quantitative estimate of drug-likeness (QED) is 0.547. The molecule has 0 saturated carbocycles. The van der Waals surface area contributed by atoms with E-state index in [9.17, 15) is 0 Å². The molecule has 0 saturated heterocycles. The second kappa shape index (κ2) is 4.72. The summed E-state index contributed by atoms with van der Waals surface area (Å²) in [4.78, 5) is 4.73. The van der Waals surface area contributed by atoms with Crippen molar-refractivity contribution in [2.24, 2.45) is 0 Å². The topological polar surface area (TPSA) is 41.6 Å². The Hall–Kier alpha value is -2.64. The maximum atomic E-state index is 8.99. The van der Waals surface area contributed by atoms with Gasteiger partial charge in [-0.05, 0) is 18.2 Å². The second-order valence-electron chi connectivity index (χ2n) is 4.83. The van der Waals surface area contributed by atoms with E-state index < -0.39 is 0 Å². The molecule has 0 aliphatic carbocycles. The lowest BCUT2D eigenvalue weighted by Crippen LogP contribution is -1.91. The predicted octanol–water partition coefficient (Wildman–Crippen LogP) is 4.44. The number of rotatable bonds is 2. The minimum atomic E-state index is 0.353.